The van der Waals surface area contributed by atoms with Crippen molar-refractivity contribution >= 4 is 17.6 Å². The Morgan fingerprint density at radius 1 is 1.42 bits per heavy atom. The van der Waals surface area contributed by atoms with E-state index in [4.69, 9.17) is 10.00 Å². The van der Waals surface area contributed by atoms with Crippen LogP contribution in [0.4, 0.5) is 0 Å². The second-order valence-electron chi connectivity index (χ2n) is 6.60. The van der Waals surface area contributed by atoms with E-state index in [0.29, 0.717) is 12.1 Å². The van der Waals surface area contributed by atoms with Crippen LogP contribution in [0.1, 0.15) is 44.6 Å². The Morgan fingerprint density at radius 3 is 2.73 bits per heavy atom. The van der Waals surface area contributed by atoms with Crippen molar-refractivity contribution in [1.82, 2.24) is 5.43 Å². The molecule has 1 aliphatic carbocycles. The lowest BCUT2D eigenvalue weighted by Gasteiger charge is -2.39. The summed E-state index contributed by atoms with van der Waals surface area (Å²) >= 11 is 0. The van der Waals surface area contributed by atoms with Crippen LogP contribution in [0.2, 0.25) is 0 Å². The Bertz CT molecular complexity index is 722. The number of esters is 1. The van der Waals surface area contributed by atoms with Crippen LogP contribution in [-0.4, -0.2) is 34.9 Å². The minimum absolute atomic E-state index is 0.132. The maximum atomic E-state index is 12.6. The smallest absolute Gasteiger partial charge is 0.315 e. The third-order valence-corrected chi connectivity index (χ3v) is 4.32. The lowest BCUT2D eigenvalue weighted by Crippen LogP contribution is -2.46. The number of aliphatic hydroxyl groups is 1. The van der Waals surface area contributed by atoms with Crippen molar-refractivity contribution in [2.24, 2.45) is 11.0 Å². The number of nitrogens with one attached hydrogen (secondary N) is 1. The highest BCUT2D eigenvalue weighted by molar-refractivity contribution is 6.04. The van der Waals surface area contributed by atoms with Crippen LogP contribution in [0, 0.1) is 17.2 Å². The summed E-state index contributed by atoms with van der Waals surface area (Å²) in [5.41, 5.74) is 2.45. The third kappa shape index (κ3) is 4.90. The number of rotatable bonds is 5. The molecule has 0 radical (unpaired) electrons. The van der Waals surface area contributed by atoms with Gasteiger partial charge in [0, 0.05) is 12.3 Å². The average Bonchev–Trinajstić information content (AvgIpc) is 2.60. The molecule has 7 heteroatoms. The summed E-state index contributed by atoms with van der Waals surface area (Å²) in [4.78, 5) is 24.2. The fourth-order valence-corrected chi connectivity index (χ4v) is 3.29. The van der Waals surface area contributed by atoms with Crippen molar-refractivity contribution in [3.05, 3.63) is 35.9 Å². The summed E-state index contributed by atoms with van der Waals surface area (Å²) in [5.74, 6) is -2.04. The number of carbonyl (C=O) groups excluding carboxylic acids is 2. The van der Waals surface area contributed by atoms with E-state index in [9.17, 15) is 14.7 Å². The molecule has 7 nitrogen and oxygen atoms in total. The molecule has 0 heterocycles. The van der Waals surface area contributed by atoms with Crippen LogP contribution in [-0.2, 0) is 14.3 Å². The van der Waals surface area contributed by atoms with E-state index in [2.05, 4.69) is 10.5 Å². The van der Waals surface area contributed by atoms with Gasteiger partial charge in [0.15, 0.2) is 0 Å². The predicted molar refractivity (Wildman–Crippen MR) is 95.0 cm³/mol. The molecular weight excluding hydrogens is 334 g/mol. The number of carbonyl (C=O) groups is 2. The first-order valence-electron chi connectivity index (χ1n) is 8.54. The lowest BCUT2D eigenvalue weighted by atomic mass is 9.68. The van der Waals surface area contributed by atoms with E-state index in [1.807, 2.05) is 30.3 Å². The molecular formula is C19H23N3O4. The molecule has 0 bridgehead atoms. The van der Waals surface area contributed by atoms with Gasteiger partial charge in [0.25, 0.3) is 5.91 Å². The minimum Gasteiger partial charge on any atom is -0.465 e. The van der Waals surface area contributed by atoms with Gasteiger partial charge < -0.3 is 9.84 Å². The molecule has 1 aliphatic rings. The Hall–Kier alpha value is -2.72. The molecule has 0 aliphatic heterocycles. The summed E-state index contributed by atoms with van der Waals surface area (Å²) in [7, 11) is 0. The Morgan fingerprint density at radius 2 is 2.12 bits per heavy atom. The number of benzene rings is 1. The third-order valence-electron chi connectivity index (χ3n) is 4.32. The first kappa shape index (κ1) is 19.6. The number of nitrogens with zero attached hydrogens (tertiary/aromatic N) is 2. The summed E-state index contributed by atoms with van der Waals surface area (Å²) in [6, 6.07) is 11.1. The lowest BCUT2D eigenvalue weighted by molar-refractivity contribution is -0.147. The van der Waals surface area contributed by atoms with Gasteiger partial charge in [-0.25, -0.2) is 5.43 Å². The molecule has 3 atom stereocenters. The molecule has 138 valence electrons. The van der Waals surface area contributed by atoms with Crippen LogP contribution in [0.25, 0.3) is 0 Å². The molecule has 1 fully saturated rings. The number of hydrogen-bond donors (Lipinski definition) is 2. The van der Waals surface area contributed by atoms with Gasteiger partial charge in [-0.2, -0.15) is 10.4 Å². The zero-order chi connectivity index (χ0) is 19.2. The Balaban J connectivity index is 2.41. The van der Waals surface area contributed by atoms with Gasteiger partial charge in [-0.1, -0.05) is 30.3 Å². The van der Waals surface area contributed by atoms with Crippen molar-refractivity contribution in [3.8, 4) is 6.07 Å². The second-order valence-corrected chi connectivity index (χ2v) is 6.60. The number of ether oxygens (including phenoxy) is 1. The molecule has 1 aromatic rings. The van der Waals surface area contributed by atoms with Crippen molar-refractivity contribution < 1.29 is 19.4 Å². The van der Waals surface area contributed by atoms with Crippen molar-refractivity contribution in [2.75, 3.05) is 6.61 Å². The summed E-state index contributed by atoms with van der Waals surface area (Å²) in [6.45, 7) is 3.62. The maximum absolute atomic E-state index is 12.6. The van der Waals surface area contributed by atoms with E-state index in [1.165, 1.54) is 0 Å². The summed E-state index contributed by atoms with van der Waals surface area (Å²) < 4.78 is 5.22. The highest BCUT2D eigenvalue weighted by Crippen LogP contribution is 2.41. The van der Waals surface area contributed by atoms with E-state index in [1.54, 1.807) is 19.9 Å². The van der Waals surface area contributed by atoms with Crippen molar-refractivity contribution in [2.45, 2.75) is 44.6 Å². The fourth-order valence-electron chi connectivity index (χ4n) is 3.29. The number of nitriles is 1. The van der Waals surface area contributed by atoms with Gasteiger partial charge >= 0.3 is 5.97 Å². The average molecular weight is 357 g/mol. The second kappa shape index (κ2) is 8.59. The van der Waals surface area contributed by atoms with Gasteiger partial charge in [-0.3, -0.25) is 9.59 Å². The summed E-state index contributed by atoms with van der Waals surface area (Å²) in [6.07, 6.45) is 0.164. The zero-order valence-electron chi connectivity index (χ0n) is 14.9. The normalized spacial score (nSPS) is 26.8. The van der Waals surface area contributed by atoms with Crippen LogP contribution in [0.5, 0.6) is 0 Å². The van der Waals surface area contributed by atoms with Crippen LogP contribution >= 0.6 is 0 Å². The quantitative estimate of drug-likeness (QED) is 0.617. The van der Waals surface area contributed by atoms with E-state index in [0.717, 1.165) is 5.56 Å². The number of amides is 1. The Kier molecular flexibility index (Phi) is 6.47. The number of hydrogen-bond acceptors (Lipinski definition) is 6. The van der Waals surface area contributed by atoms with Crippen LogP contribution in [0.3, 0.4) is 0 Å². The molecule has 1 saturated carbocycles. The molecule has 1 amide bonds. The molecule has 26 heavy (non-hydrogen) atoms. The van der Waals surface area contributed by atoms with E-state index in [-0.39, 0.29) is 25.4 Å². The first-order valence-corrected chi connectivity index (χ1v) is 8.54. The standard InChI is InChI=1S/C19H23N3O4/c1-3-26-18(24)17-14(13-7-5-4-6-8-13)11-19(2,25)12-15(17)21-22-16(23)9-10-20/h4-8,14,17,25H,3,9,11-12H2,1-2H3,(H,22,23)/b21-15-/t14-,17-,19-/m0/s1. The van der Waals surface area contributed by atoms with Crippen LogP contribution < -0.4 is 5.43 Å². The van der Waals surface area contributed by atoms with Gasteiger partial charge in [0.1, 0.15) is 12.3 Å². The highest BCUT2D eigenvalue weighted by atomic mass is 16.5. The van der Waals surface area contributed by atoms with Gasteiger partial charge in [0.2, 0.25) is 0 Å². The maximum Gasteiger partial charge on any atom is 0.315 e. The highest BCUT2D eigenvalue weighted by Gasteiger charge is 2.45. The van der Waals surface area contributed by atoms with E-state index >= 15 is 0 Å². The molecule has 0 spiro atoms. The van der Waals surface area contributed by atoms with Gasteiger partial charge in [0.05, 0.1) is 24.0 Å². The van der Waals surface area contributed by atoms with Gasteiger partial charge in [-0.05, 0) is 25.8 Å². The predicted octanol–water partition coefficient (Wildman–Crippen LogP) is 1.88. The zero-order valence-corrected chi connectivity index (χ0v) is 14.9. The molecule has 2 N–H and O–H groups in total. The number of hydrazone groups is 1. The van der Waals surface area contributed by atoms with Crippen molar-refractivity contribution in [1.29, 1.82) is 5.26 Å². The van der Waals surface area contributed by atoms with Crippen molar-refractivity contribution in [3.63, 3.8) is 0 Å². The van der Waals surface area contributed by atoms with Gasteiger partial charge in [-0.15, -0.1) is 0 Å². The topological polar surface area (TPSA) is 112 Å². The fraction of sp³-hybridized carbons (Fsp3) is 0.474. The summed E-state index contributed by atoms with van der Waals surface area (Å²) in [5, 5.41) is 23.3. The minimum atomic E-state index is -1.08. The molecule has 1 aromatic carbocycles. The molecule has 0 unspecified atom stereocenters. The largest absolute Gasteiger partial charge is 0.465 e. The Labute approximate surface area is 152 Å². The monoisotopic (exact) mass is 357 g/mol. The van der Waals surface area contributed by atoms with Crippen LogP contribution in [0.15, 0.2) is 35.4 Å². The van der Waals surface area contributed by atoms with E-state index < -0.39 is 23.4 Å². The first-order chi connectivity index (χ1) is 12.4. The molecule has 2 rings (SSSR count). The molecule has 0 aromatic heterocycles. The molecule has 0 saturated heterocycles. The SMILES string of the molecule is CCOC(=O)[C@@H]1/C(=N\NC(=O)CC#N)C[C@@](C)(O)C[C@H]1c1ccccc1.